The number of hydrogen-bond acceptors (Lipinski definition) is 3. The van der Waals surface area contributed by atoms with Crippen molar-refractivity contribution in [1.29, 1.82) is 0 Å². The highest BCUT2D eigenvalue weighted by Gasteiger charge is 2.18. The number of nitrogens with two attached hydrogens (primary N) is 1. The normalized spacial score (nSPS) is 11.5. The van der Waals surface area contributed by atoms with Gasteiger partial charge in [-0.15, -0.1) is 0 Å². The first-order valence-electron chi connectivity index (χ1n) is 5.72. The Balaban J connectivity index is 2.37. The van der Waals surface area contributed by atoms with Gasteiger partial charge in [0.05, 0.1) is 16.3 Å². The zero-order valence-corrected chi connectivity index (χ0v) is 12.0. The molecule has 0 heterocycles. The van der Waals surface area contributed by atoms with Crippen molar-refractivity contribution in [1.82, 2.24) is 0 Å². The Labute approximate surface area is 117 Å². The van der Waals surface area contributed by atoms with E-state index in [1.807, 2.05) is 6.92 Å². The zero-order valence-electron chi connectivity index (χ0n) is 10.4. The van der Waals surface area contributed by atoms with Crippen LogP contribution in [0.15, 0.2) is 47.4 Å². The fraction of sp³-hybridized carbons (Fsp3) is 0.143. The summed E-state index contributed by atoms with van der Waals surface area (Å²) in [6, 6.07) is 11.7. The first kappa shape index (κ1) is 13.9. The first-order chi connectivity index (χ1) is 8.88. The van der Waals surface area contributed by atoms with Crippen molar-refractivity contribution in [3.63, 3.8) is 0 Å². The maximum absolute atomic E-state index is 12.3. The molecule has 0 aliphatic carbocycles. The number of anilines is 1. The third-order valence-corrected chi connectivity index (χ3v) is 4.76. The number of aryl methyl sites for hydroxylation is 1. The van der Waals surface area contributed by atoms with Crippen molar-refractivity contribution in [2.24, 2.45) is 0 Å². The van der Waals surface area contributed by atoms with E-state index >= 15 is 0 Å². The molecule has 100 valence electrons. The summed E-state index contributed by atoms with van der Waals surface area (Å²) in [5.41, 5.74) is 7.58. The molecule has 0 saturated heterocycles. The van der Waals surface area contributed by atoms with Gasteiger partial charge in [0.25, 0.3) is 0 Å². The summed E-state index contributed by atoms with van der Waals surface area (Å²) in [4.78, 5) is 0.183. The Hall–Kier alpha value is -1.52. The number of hydrogen-bond donors (Lipinski definition) is 1. The fourth-order valence-corrected chi connectivity index (χ4v) is 3.49. The second kappa shape index (κ2) is 5.23. The smallest absolute Gasteiger partial charge is 0.184 e. The van der Waals surface area contributed by atoms with Crippen LogP contribution in [0, 0.1) is 6.92 Å². The molecule has 2 aromatic rings. The number of halogens is 1. The quantitative estimate of drug-likeness (QED) is 0.885. The van der Waals surface area contributed by atoms with E-state index in [1.54, 1.807) is 42.5 Å². The van der Waals surface area contributed by atoms with Gasteiger partial charge in [-0.3, -0.25) is 0 Å². The molecule has 0 unspecified atom stereocenters. The molecule has 0 bridgehead atoms. The van der Waals surface area contributed by atoms with Crippen molar-refractivity contribution in [2.45, 2.75) is 17.6 Å². The van der Waals surface area contributed by atoms with Crippen LogP contribution in [-0.4, -0.2) is 8.42 Å². The van der Waals surface area contributed by atoms with E-state index in [2.05, 4.69) is 0 Å². The van der Waals surface area contributed by atoms with E-state index in [-0.39, 0.29) is 16.3 Å². The van der Waals surface area contributed by atoms with Gasteiger partial charge in [0.2, 0.25) is 0 Å². The highest BCUT2D eigenvalue weighted by atomic mass is 35.5. The molecule has 2 rings (SSSR count). The van der Waals surface area contributed by atoms with Crippen LogP contribution in [-0.2, 0) is 15.6 Å². The Bertz CT molecular complexity index is 694. The van der Waals surface area contributed by atoms with Gasteiger partial charge >= 0.3 is 0 Å². The van der Waals surface area contributed by atoms with Crippen LogP contribution in [0.3, 0.4) is 0 Å². The minimum absolute atomic E-state index is 0.0855. The summed E-state index contributed by atoms with van der Waals surface area (Å²) < 4.78 is 24.7. The molecule has 0 fully saturated rings. The van der Waals surface area contributed by atoms with E-state index in [9.17, 15) is 8.42 Å². The Kier molecular flexibility index (Phi) is 3.83. The summed E-state index contributed by atoms with van der Waals surface area (Å²) in [7, 11) is -3.45. The molecule has 0 aromatic heterocycles. The van der Waals surface area contributed by atoms with Crippen molar-refractivity contribution in [3.8, 4) is 0 Å². The second-order valence-electron chi connectivity index (χ2n) is 4.43. The van der Waals surface area contributed by atoms with E-state index in [0.717, 1.165) is 5.56 Å². The molecule has 0 spiro atoms. The standard InChI is InChI=1S/C14H14ClNO2S/c1-10-2-7-13(16)14(8-10)19(17,18)9-11-3-5-12(15)6-4-11/h2-8H,9,16H2,1H3. The zero-order chi connectivity index (χ0) is 14.0. The number of benzene rings is 2. The highest BCUT2D eigenvalue weighted by Crippen LogP contribution is 2.24. The third-order valence-electron chi connectivity index (χ3n) is 2.77. The number of sulfone groups is 1. The van der Waals surface area contributed by atoms with Crippen molar-refractivity contribution < 1.29 is 8.42 Å². The monoisotopic (exact) mass is 295 g/mol. The highest BCUT2D eigenvalue weighted by molar-refractivity contribution is 7.90. The third kappa shape index (κ3) is 3.28. The van der Waals surface area contributed by atoms with Crippen molar-refractivity contribution in [2.75, 3.05) is 5.73 Å². The van der Waals surface area contributed by atoms with Crippen molar-refractivity contribution in [3.05, 3.63) is 58.6 Å². The van der Waals surface area contributed by atoms with Crippen LogP contribution in [0.5, 0.6) is 0 Å². The predicted octanol–water partition coefficient (Wildman–Crippen LogP) is 3.20. The van der Waals surface area contributed by atoms with Gasteiger partial charge in [-0.2, -0.15) is 0 Å². The minimum atomic E-state index is -3.45. The average Bonchev–Trinajstić information content (AvgIpc) is 2.35. The molecule has 5 heteroatoms. The summed E-state index contributed by atoms with van der Waals surface area (Å²) >= 11 is 5.78. The Morgan fingerprint density at radius 2 is 1.74 bits per heavy atom. The van der Waals surface area contributed by atoms with E-state index in [1.165, 1.54) is 0 Å². The van der Waals surface area contributed by atoms with Crippen LogP contribution in [0.2, 0.25) is 5.02 Å². The van der Waals surface area contributed by atoms with Gasteiger partial charge in [0.1, 0.15) is 0 Å². The Morgan fingerprint density at radius 1 is 1.11 bits per heavy atom. The molecule has 2 N–H and O–H groups in total. The SMILES string of the molecule is Cc1ccc(N)c(S(=O)(=O)Cc2ccc(Cl)cc2)c1. The van der Waals surface area contributed by atoms with Gasteiger partial charge < -0.3 is 5.73 Å². The van der Waals surface area contributed by atoms with Gasteiger partial charge in [-0.25, -0.2) is 8.42 Å². The van der Waals surface area contributed by atoms with Gasteiger partial charge in [0, 0.05) is 5.02 Å². The lowest BCUT2D eigenvalue weighted by Gasteiger charge is -2.08. The van der Waals surface area contributed by atoms with E-state index in [0.29, 0.717) is 10.6 Å². The molecule has 0 aliphatic heterocycles. The molecule has 0 radical (unpaired) electrons. The lowest BCUT2D eigenvalue weighted by atomic mass is 10.2. The van der Waals surface area contributed by atoms with Gasteiger partial charge in [-0.05, 0) is 42.3 Å². The molecular formula is C14H14ClNO2S. The van der Waals surface area contributed by atoms with Crippen LogP contribution >= 0.6 is 11.6 Å². The number of nitrogen functional groups attached to an aromatic ring is 1. The Morgan fingerprint density at radius 3 is 2.37 bits per heavy atom. The fourth-order valence-electron chi connectivity index (χ4n) is 1.79. The molecule has 3 nitrogen and oxygen atoms in total. The average molecular weight is 296 g/mol. The maximum Gasteiger partial charge on any atom is 0.184 e. The minimum Gasteiger partial charge on any atom is -0.398 e. The molecule has 0 aliphatic rings. The van der Waals surface area contributed by atoms with Crippen LogP contribution in [0.4, 0.5) is 5.69 Å². The maximum atomic E-state index is 12.3. The van der Waals surface area contributed by atoms with Crippen molar-refractivity contribution >= 4 is 27.1 Å². The summed E-state index contributed by atoms with van der Waals surface area (Å²) in [6.45, 7) is 1.83. The summed E-state index contributed by atoms with van der Waals surface area (Å²) in [6.07, 6.45) is 0. The van der Waals surface area contributed by atoms with E-state index in [4.69, 9.17) is 17.3 Å². The summed E-state index contributed by atoms with van der Waals surface area (Å²) in [5.74, 6) is -0.0855. The van der Waals surface area contributed by atoms with Gasteiger partial charge in [0.15, 0.2) is 9.84 Å². The molecule has 19 heavy (non-hydrogen) atoms. The van der Waals surface area contributed by atoms with Gasteiger partial charge in [-0.1, -0.05) is 29.8 Å². The topological polar surface area (TPSA) is 60.2 Å². The number of rotatable bonds is 3. The predicted molar refractivity (Wildman–Crippen MR) is 77.9 cm³/mol. The van der Waals surface area contributed by atoms with Crippen LogP contribution in [0.25, 0.3) is 0 Å². The molecule has 0 amide bonds. The van der Waals surface area contributed by atoms with Crippen LogP contribution < -0.4 is 5.73 Å². The molecule has 0 saturated carbocycles. The largest absolute Gasteiger partial charge is 0.398 e. The lowest BCUT2D eigenvalue weighted by molar-refractivity contribution is 0.595. The van der Waals surface area contributed by atoms with Crippen LogP contribution in [0.1, 0.15) is 11.1 Å². The van der Waals surface area contributed by atoms with E-state index < -0.39 is 9.84 Å². The first-order valence-corrected chi connectivity index (χ1v) is 7.75. The lowest BCUT2D eigenvalue weighted by Crippen LogP contribution is -2.08. The molecule has 0 atom stereocenters. The molecule has 2 aromatic carbocycles. The second-order valence-corrected chi connectivity index (χ2v) is 6.82. The summed E-state index contributed by atoms with van der Waals surface area (Å²) in [5, 5.41) is 0.580. The molecular weight excluding hydrogens is 282 g/mol.